The molecule has 0 unspecified atom stereocenters. The lowest BCUT2D eigenvalue weighted by Crippen LogP contribution is -2.52. The smallest absolute Gasteiger partial charge is 0.192 e. The third kappa shape index (κ3) is 4.78. The molecule has 0 aromatic carbocycles. The van der Waals surface area contributed by atoms with Crippen molar-refractivity contribution in [2.75, 3.05) is 0 Å². The molecule has 0 aliphatic heterocycles. The van der Waals surface area contributed by atoms with E-state index in [-0.39, 0.29) is 23.0 Å². The minimum absolute atomic E-state index is 0. The number of hydrogen-bond acceptors (Lipinski definition) is 4. The van der Waals surface area contributed by atoms with Crippen LogP contribution in [0.4, 0.5) is 0 Å². The Labute approximate surface area is 147 Å². The Kier molecular flexibility index (Phi) is 6.84. The number of rotatable bonds is 5. The third-order valence-corrected chi connectivity index (χ3v) is 9.91. The van der Waals surface area contributed by atoms with Gasteiger partial charge in [0.25, 0.3) is 0 Å². The highest BCUT2D eigenvalue weighted by Crippen LogP contribution is 2.43. The maximum Gasteiger partial charge on any atom is 0.192 e. The largest absolute Gasteiger partial charge is 0.409 e. The molecule has 0 spiro atoms. The quantitative estimate of drug-likeness (QED) is 0.809. The fourth-order valence-electron chi connectivity index (χ4n) is 3.03. The SMILES string of the molecule is CC(C)(C)[Si](C)(C)OC1(Cn2ncnc2CN)CCCCC1.Cl. The summed E-state index contributed by atoms with van der Waals surface area (Å²) in [6.45, 7) is 12.8. The average molecular weight is 361 g/mol. The third-order valence-electron chi connectivity index (χ3n) is 5.36. The second kappa shape index (κ2) is 7.63. The monoisotopic (exact) mass is 360 g/mol. The Morgan fingerprint density at radius 2 is 1.87 bits per heavy atom. The maximum atomic E-state index is 6.91. The maximum absolute atomic E-state index is 6.91. The molecule has 7 heteroatoms. The number of nitrogens with zero attached hydrogens (tertiary/aromatic N) is 3. The van der Waals surface area contributed by atoms with Gasteiger partial charge in [0, 0.05) is 0 Å². The molecule has 2 N–H and O–H groups in total. The molecule has 0 amide bonds. The number of aromatic nitrogens is 3. The summed E-state index contributed by atoms with van der Waals surface area (Å²) < 4.78 is 8.87. The van der Waals surface area contributed by atoms with Crippen molar-refractivity contribution in [1.29, 1.82) is 0 Å². The van der Waals surface area contributed by atoms with Crippen LogP contribution in [0.25, 0.3) is 0 Å². The normalized spacial score (nSPS) is 18.5. The zero-order chi connectivity index (χ0) is 16.4. The molecule has 134 valence electrons. The summed E-state index contributed by atoms with van der Waals surface area (Å²) in [6, 6.07) is 0. The van der Waals surface area contributed by atoms with Crippen molar-refractivity contribution in [1.82, 2.24) is 14.8 Å². The van der Waals surface area contributed by atoms with E-state index < -0.39 is 8.32 Å². The van der Waals surface area contributed by atoms with Crippen LogP contribution >= 0.6 is 12.4 Å². The predicted octanol–water partition coefficient (Wildman–Crippen LogP) is 3.88. The van der Waals surface area contributed by atoms with E-state index in [4.69, 9.17) is 10.2 Å². The molecular formula is C16H33ClN4OSi. The van der Waals surface area contributed by atoms with Crippen LogP contribution in [0.15, 0.2) is 6.33 Å². The first-order chi connectivity index (χ1) is 10.2. The number of hydrogen-bond donors (Lipinski definition) is 1. The minimum atomic E-state index is -1.82. The van der Waals surface area contributed by atoms with Crippen LogP contribution in [0.2, 0.25) is 18.1 Å². The summed E-state index contributed by atoms with van der Waals surface area (Å²) >= 11 is 0. The van der Waals surface area contributed by atoms with E-state index in [1.54, 1.807) is 6.33 Å². The van der Waals surface area contributed by atoms with E-state index in [0.717, 1.165) is 25.2 Å². The molecule has 1 fully saturated rings. The van der Waals surface area contributed by atoms with Gasteiger partial charge in [0.15, 0.2) is 8.32 Å². The zero-order valence-corrected chi connectivity index (χ0v) is 17.1. The molecule has 0 atom stereocenters. The lowest BCUT2D eigenvalue weighted by Gasteiger charge is -2.47. The molecule has 0 radical (unpaired) electrons. The summed E-state index contributed by atoms with van der Waals surface area (Å²) in [7, 11) is -1.82. The van der Waals surface area contributed by atoms with Crippen molar-refractivity contribution in [3.63, 3.8) is 0 Å². The molecule has 1 aromatic rings. The molecule has 0 saturated heterocycles. The van der Waals surface area contributed by atoms with E-state index in [0.29, 0.717) is 6.54 Å². The second-order valence-electron chi connectivity index (χ2n) is 8.14. The summed E-state index contributed by atoms with van der Waals surface area (Å²) in [4.78, 5) is 4.26. The Balaban J connectivity index is 0.00000264. The topological polar surface area (TPSA) is 66.0 Å². The molecule has 0 bridgehead atoms. The van der Waals surface area contributed by atoms with Gasteiger partial charge in [-0.2, -0.15) is 5.10 Å². The van der Waals surface area contributed by atoms with Crippen LogP contribution < -0.4 is 5.73 Å². The van der Waals surface area contributed by atoms with Gasteiger partial charge in [-0.1, -0.05) is 40.0 Å². The van der Waals surface area contributed by atoms with Gasteiger partial charge in [0.1, 0.15) is 12.2 Å². The van der Waals surface area contributed by atoms with Crippen LogP contribution in [0.3, 0.4) is 0 Å². The fourth-order valence-corrected chi connectivity index (χ4v) is 4.69. The van der Waals surface area contributed by atoms with Gasteiger partial charge in [-0.25, -0.2) is 9.67 Å². The van der Waals surface area contributed by atoms with Crippen molar-refractivity contribution >= 4 is 20.7 Å². The van der Waals surface area contributed by atoms with Crippen molar-refractivity contribution in [3.8, 4) is 0 Å². The van der Waals surface area contributed by atoms with Crippen molar-refractivity contribution in [2.45, 2.75) is 89.7 Å². The Morgan fingerprint density at radius 1 is 1.26 bits per heavy atom. The van der Waals surface area contributed by atoms with Gasteiger partial charge in [0.05, 0.1) is 18.7 Å². The molecule has 1 aliphatic carbocycles. The first-order valence-electron chi connectivity index (χ1n) is 8.46. The van der Waals surface area contributed by atoms with Gasteiger partial charge in [-0.3, -0.25) is 0 Å². The highest BCUT2D eigenvalue weighted by molar-refractivity contribution is 6.74. The fraction of sp³-hybridized carbons (Fsp3) is 0.875. The van der Waals surface area contributed by atoms with Gasteiger partial charge < -0.3 is 10.2 Å². The first kappa shape index (κ1) is 20.6. The molecule has 23 heavy (non-hydrogen) atoms. The van der Waals surface area contributed by atoms with Crippen molar-refractivity contribution < 1.29 is 4.43 Å². The summed E-state index contributed by atoms with van der Waals surface area (Å²) in [5.41, 5.74) is 5.69. The van der Waals surface area contributed by atoms with Crippen LogP contribution in [0.1, 0.15) is 58.7 Å². The standard InChI is InChI=1S/C16H32N4OSi.ClH/c1-15(2,3)22(4,5)21-16(9-7-6-8-10-16)12-20-14(11-17)18-13-19-20;/h13H,6-12,17H2,1-5H3;1H. The van der Waals surface area contributed by atoms with Crippen LogP contribution in [0, 0.1) is 0 Å². The van der Waals surface area contributed by atoms with Gasteiger partial charge in [-0.15, -0.1) is 12.4 Å². The van der Waals surface area contributed by atoms with Crippen LogP contribution in [-0.2, 0) is 17.5 Å². The Bertz CT molecular complexity index is 493. The van der Waals surface area contributed by atoms with Crippen LogP contribution in [-0.4, -0.2) is 28.7 Å². The molecule has 2 rings (SSSR count). The minimum Gasteiger partial charge on any atom is -0.409 e. The highest BCUT2D eigenvalue weighted by atomic mass is 35.5. The lowest BCUT2D eigenvalue weighted by atomic mass is 9.85. The van der Waals surface area contributed by atoms with E-state index in [2.05, 4.69) is 43.9 Å². The molecule has 1 aromatic heterocycles. The summed E-state index contributed by atoms with van der Waals surface area (Å²) in [6.07, 6.45) is 7.62. The van der Waals surface area contributed by atoms with E-state index in [1.807, 2.05) is 4.68 Å². The Hall–Kier alpha value is -0.433. The summed E-state index contributed by atoms with van der Waals surface area (Å²) in [5, 5.41) is 4.60. The predicted molar refractivity (Wildman–Crippen MR) is 99.3 cm³/mol. The molecule has 1 saturated carbocycles. The van der Waals surface area contributed by atoms with Crippen LogP contribution in [0.5, 0.6) is 0 Å². The first-order valence-corrected chi connectivity index (χ1v) is 11.4. The zero-order valence-electron chi connectivity index (χ0n) is 15.3. The van der Waals surface area contributed by atoms with Crippen molar-refractivity contribution in [3.05, 3.63) is 12.2 Å². The van der Waals surface area contributed by atoms with E-state index in [1.165, 1.54) is 19.3 Å². The molecular weight excluding hydrogens is 328 g/mol. The highest BCUT2D eigenvalue weighted by Gasteiger charge is 2.45. The molecule has 1 heterocycles. The van der Waals surface area contributed by atoms with E-state index in [9.17, 15) is 0 Å². The summed E-state index contributed by atoms with van der Waals surface area (Å²) in [5.74, 6) is 0.851. The van der Waals surface area contributed by atoms with Crippen molar-refractivity contribution in [2.24, 2.45) is 5.73 Å². The number of halogens is 1. The van der Waals surface area contributed by atoms with Gasteiger partial charge >= 0.3 is 0 Å². The molecule has 1 aliphatic rings. The number of nitrogens with two attached hydrogens (primary N) is 1. The Morgan fingerprint density at radius 3 is 2.39 bits per heavy atom. The van der Waals surface area contributed by atoms with Gasteiger partial charge in [0.2, 0.25) is 0 Å². The average Bonchev–Trinajstić information content (AvgIpc) is 2.84. The second-order valence-corrected chi connectivity index (χ2v) is 12.9. The molecule has 5 nitrogen and oxygen atoms in total. The van der Waals surface area contributed by atoms with E-state index >= 15 is 0 Å². The lowest BCUT2D eigenvalue weighted by molar-refractivity contribution is -0.00274. The van der Waals surface area contributed by atoms with Gasteiger partial charge in [-0.05, 0) is 31.0 Å².